The van der Waals surface area contributed by atoms with Crippen LogP contribution in [0.15, 0.2) is 30.5 Å². The number of benzene rings is 1. The normalized spacial score (nSPS) is 11.0. The van der Waals surface area contributed by atoms with Gasteiger partial charge in [0.2, 0.25) is 0 Å². The van der Waals surface area contributed by atoms with Crippen molar-refractivity contribution in [2.45, 2.75) is 6.92 Å². The molecule has 3 rings (SSSR count). The molecule has 5 heteroatoms. The molecule has 0 amide bonds. The third-order valence-electron chi connectivity index (χ3n) is 2.84. The molecule has 3 N–H and O–H groups in total. The van der Waals surface area contributed by atoms with Gasteiger partial charge in [0.15, 0.2) is 0 Å². The maximum Gasteiger partial charge on any atom is 0.140 e. The van der Waals surface area contributed by atoms with E-state index in [1.807, 2.05) is 25.1 Å². The van der Waals surface area contributed by atoms with Crippen LogP contribution in [0.25, 0.3) is 22.4 Å². The van der Waals surface area contributed by atoms with Gasteiger partial charge in [0.1, 0.15) is 11.3 Å². The second kappa shape index (κ2) is 3.99. The van der Waals surface area contributed by atoms with E-state index in [9.17, 15) is 0 Å². The first kappa shape index (κ1) is 11.0. The molecule has 1 aromatic carbocycles. The van der Waals surface area contributed by atoms with Crippen molar-refractivity contribution in [3.8, 4) is 11.4 Å². The standard InChI is InChI=1S/C13H11ClN4/c1-7-9(3-2-4-16-7)13-17-11-6-8(14)5-10(15)12(11)18-13/h2-6H,15H2,1H3,(H,17,18). The van der Waals surface area contributed by atoms with Crippen LogP contribution in [0.1, 0.15) is 5.69 Å². The van der Waals surface area contributed by atoms with Crippen molar-refractivity contribution in [2.75, 3.05) is 5.73 Å². The van der Waals surface area contributed by atoms with Gasteiger partial charge in [0, 0.05) is 22.5 Å². The van der Waals surface area contributed by atoms with Crippen LogP contribution < -0.4 is 5.73 Å². The van der Waals surface area contributed by atoms with Gasteiger partial charge in [-0.3, -0.25) is 4.98 Å². The molecule has 4 nitrogen and oxygen atoms in total. The molecular weight excluding hydrogens is 248 g/mol. The van der Waals surface area contributed by atoms with E-state index in [1.165, 1.54) is 0 Å². The Hall–Kier alpha value is -2.07. The summed E-state index contributed by atoms with van der Waals surface area (Å²) >= 11 is 5.97. The lowest BCUT2D eigenvalue weighted by molar-refractivity contribution is 1.18. The maximum absolute atomic E-state index is 5.97. The number of pyridine rings is 1. The van der Waals surface area contributed by atoms with Crippen LogP contribution in [0.4, 0.5) is 5.69 Å². The van der Waals surface area contributed by atoms with Crippen LogP contribution in [-0.2, 0) is 0 Å². The van der Waals surface area contributed by atoms with Gasteiger partial charge in [-0.05, 0) is 31.2 Å². The lowest BCUT2D eigenvalue weighted by atomic mass is 10.2. The van der Waals surface area contributed by atoms with E-state index < -0.39 is 0 Å². The van der Waals surface area contributed by atoms with Crippen LogP contribution in [0.5, 0.6) is 0 Å². The molecule has 18 heavy (non-hydrogen) atoms. The summed E-state index contributed by atoms with van der Waals surface area (Å²) in [5, 5.41) is 0.595. The zero-order valence-corrected chi connectivity index (χ0v) is 10.5. The van der Waals surface area contributed by atoms with E-state index in [0.29, 0.717) is 10.7 Å². The molecule has 2 aromatic heterocycles. The molecule has 0 aliphatic heterocycles. The fourth-order valence-corrected chi connectivity index (χ4v) is 2.20. The first-order chi connectivity index (χ1) is 8.65. The molecule has 0 atom stereocenters. The highest BCUT2D eigenvalue weighted by Gasteiger charge is 2.10. The van der Waals surface area contributed by atoms with Crippen LogP contribution in [0.2, 0.25) is 5.02 Å². The number of aryl methyl sites for hydroxylation is 1. The number of nitrogens with zero attached hydrogens (tertiary/aromatic N) is 2. The van der Waals surface area contributed by atoms with Crippen molar-refractivity contribution in [3.05, 3.63) is 41.2 Å². The predicted molar refractivity (Wildman–Crippen MR) is 73.5 cm³/mol. The number of nitrogen functional groups attached to an aromatic ring is 1. The fourth-order valence-electron chi connectivity index (χ4n) is 1.97. The van der Waals surface area contributed by atoms with E-state index in [2.05, 4.69) is 15.0 Å². The lowest BCUT2D eigenvalue weighted by Gasteiger charge is -1.99. The van der Waals surface area contributed by atoms with Gasteiger partial charge in [0.05, 0.1) is 11.2 Å². The highest BCUT2D eigenvalue weighted by atomic mass is 35.5. The zero-order valence-electron chi connectivity index (χ0n) is 9.74. The minimum atomic E-state index is 0.571. The molecule has 0 bridgehead atoms. The Bertz CT molecular complexity index is 733. The number of nitrogens with one attached hydrogen (secondary N) is 1. The summed E-state index contributed by atoms with van der Waals surface area (Å²) in [4.78, 5) is 12.0. The summed E-state index contributed by atoms with van der Waals surface area (Å²) in [5.41, 5.74) is 9.92. The quantitative estimate of drug-likeness (QED) is 0.659. The van der Waals surface area contributed by atoms with Gasteiger partial charge in [-0.1, -0.05) is 11.6 Å². The van der Waals surface area contributed by atoms with Crippen molar-refractivity contribution in [1.29, 1.82) is 0 Å². The number of hydrogen-bond acceptors (Lipinski definition) is 3. The Morgan fingerprint density at radius 1 is 1.33 bits per heavy atom. The molecule has 0 saturated heterocycles. The van der Waals surface area contributed by atoms with Crippen LogP contribution in [-0.4, -0.2) is 15.0 Å². The highest BCUT2D eigenvalue weighted by molar-refractivity contribution is 6.31. The van der Waals surface area contributed by atoms with E-state index in [4.69, 9.17) is 17.3 Å². The van der Waals surface area contributed by atoms with Gasteiger partial charge in [-0.2, -0.15) is 0 Å². The topological polar surface area (TPSA) is 67.6 Å². The molecule has 2 heterocycles. The Labute approximate surface area is 109 Å². The molecule has 90 valence electrons. The molecule has 0 radical (unpaired) electrons. The van der Waals surface area contributed by atoms with E-state index in [0.717, 1.165) is 28.1 Å². The average Bonchev–Trinajstić information content (AvgIpc) is 2.73. The summed E-state index contributed by atoms with van der Waals surface area (Å²) in [7, 11) is 0. The van der Waals surface area contributed by atoms with E-state index >= 15 is 0 Å². The number of anilines is 1. The SMILES string of the molecule is Cc1ncccc1-c1nc2c(N)cc(Cl)cc2[nH]1. The van der Waals surface area contributed by atoms with Crippen molar-refractivity contribution in [2.24, 2.45) is 0 Å². The van der Waals surface area contributed by atoms with Gasteiger partial charge in [-0.25, -0.2) is 4.98 Å². The largest absolute Gasteiger partial charge is 0.397 e. The third-order valence-corrected chi connectivity index (χ3v) is 3.06. The first-order valence-corrected chi connectivity index (χ1v) is 5.89. The second-order valence-corrected chi connectivity index (χ2v) is 4.55. The van der Waals surface area contributed by atoms with Gasteiger partial charge in [-0.15, -0.1) is 0 Å². The average molecular weight is 259 g/mol. The summed E-state index contributed by atoms with van der Waals surface area (Å²) in [6.07, 6.45) is 1.76. The Morgan fingerprint density at radius 2 is 2.17 bits per heavy atom. The smallest absolute Gasteiger partial charge is 0.140 e. The summed E-state index contributed by atoms with van der Waals surface area (Å²) in [5.74, 6) is 0.754. The molecule has 0 aliphatic rings. The minimum absolute atomic E-state index is 0.571. The number of aromatic amines is 1. The van der Waals surface area contributed by atoms with Crippen LogP contribution >= 0.6 is 11.6 Å². The molecule has 0 unspecified atom stereocenters. The minimum Gasteiger partial charge on any atom is -0.397 e. The van der Waals surface area contributed by atoms with Crippen molar-refractivity contribution in [3.63, 3.8) is 0 Å². The number of H-pyrrole nitrogens is 1. The van der Waals surface area contributed by atoms with Gasteiger partial charge >= 0.3 is 0 Å². The van der Waals surface area contributed by atoms with E-state index in [1.54, 1.807) is 12.3 Å². The molecule has 0 fully saturated rings. The van der Waals surface area contributed by atoms with Crippen LogP contribution in [0, 0.1) is 6.92 Å². The Balaban J connectivity index is 2.26. The number of rotatable bonds is 1. The molecule has 3 aromatic rings. The monoisotopic (exact) mass is 258 g/mol. The molecule has 0 spiro atoms. The Morgan fingerprint density at radius 3 is 2.94 bits per heavy atom. The Kier molecular flexibility index (Phi) is 2.45. The summed E-state index contributed by atoms with van der Waals surface area (Å²) in [6, 6.07) is 7.36. The highest BCUT2D eigenvalue weighted by Crippen LogP contribution is 2.28. The van der Waals surface area contributed by atoms with E-state index in [-0.39, 0.29) is 0 Å². The first-order valence-electron chi connectivity index (χ1n) is 5.52. The summed E-state index contributed by atoms with van der Waals surface area (Å²) in [6.45, 7) is 1.94. The number of hydrogen-bond donors (Lipinski definition) is 2. The van der Waals surface area contributed by atoms with Gasteiger partial charge in [0.25, 0.3) is 0 Å². The molecule has 0 aliphatic carbocycles. The second-order valence-electron chi connectivity index (χ2n) is 4.11. The number of fused-ring (bicyclic) bond motifs is 1. The fraction of sp³-hybridized carbons (Fsp3) is 0.0769. The van der Waals surface area contributed by atoms with Crippen molar-refractivity contribution >= 4 is 28.3 Å². The van der Waals surface area contributed by atoms with Crippen molar-refractivity contribution < 1.29 is 0 Å². The molecule has 0 saturated carbocycles. The third kappa shape index (κ3) is 1.71. The number of aromatic nitrogens is 3. The van der Waals surface area contributed by atoms with Crippen LogP contribution in [0.3, 0.4) is 0 Å². The lowest BCUT2D eigenvalue weighted by Crippen LogP contribution is -1.88. The number of halogens is 1. The summed E-state index contributed by atoms with van der Waals surface area (Å²) < 4.78 is 0. The number of nitrogens with two attached hydrogens (primary N) is 1. The van der Waals surface area contributed by atoms with Gasteiger partial charge < -0.3 is 10.7 Å². The van der Waals surface area contributed by atoms with Crippen molar-refractivity contribution in [1.82, 2.24) is 15.0 Å². The maximum atomic E-state index is 5.97. The predicted octanol–water partition coefficient (Wildman–Crippen LogP) is 3.17. The zero-order chi connectivity index (χ0) is 12.7. The number of imidazole rings is 1. The molecular formula is C13H11ClN4.